The van der Waals surface area contributed by atoms with Gasteiger partial charge in [0.1, 0.15) is 16.7 Å². The predicted molar refractivity (Wildman–Crippen MR) is 79.2 cm³/mol. The molecule has 1 amide bonds. The molecule has 0 aromatic heterocycles. The van der Waals surface area contributed by atoms with Crippen LogP contribution in [0.1, 0.15) is 26.2 Å². The fourth-order valence-electron chi connectivity index (χ4n) is 2.40. The topological polar surface area (TPSA) is 69.6 Å². The van der Waals surface area contributed by atoms with E-state index in [0.717, 1.165) is 25.8 Å². The van der Waals surface area contributed by atoms with Gasteiger partial charge in [0, 0.05) is 6.20 Å². The molecule has 0 spiro atoms. The molecule has 2 aliphatic heterocycles. The normalized spacial score (nSPS) is 28.4. The van der Waals surface area contributed by atoms with Crippen LogP contribution >= 0.6 is 11.8 Å². The number of nitrogens with one attached hydrogen (secondary N) is 1. The Morgan fingerprint density at radius 1 is 1.60 bits per heavy atom. The lowest BCUT2D eigenvalue weighted by atomic mass is 10.1. The van der Waals surface area contributed by atoms with E-state index in [-0.39, 0.29) is 17.3 Å². The molecule has 2 unspecified atom stereocenters. The van der Waals surface area contributed by atoms with E-state index in [4.69, 9.17) is 0 Å². The van der Waals surface area contributed by atoms with Gasteiger partial charge >= 0.3 is 5.97 Å². The molecular formula is C14H20N2O3S. The zero-order valence-electron chi connectivity index (χ0n) is 11.5. The van der Waals surface area contributed by atoms with Crippen LogP contribution < -0.4 is 5.32 Å². The highest BCUT2D eigenvalue weighted by molar-refractivity contribution is 8.01. The number of β-lactam (4-membered cyclic amide) rings is 1. The molecule has 0 aliphatic carbocycles. The van der Waals surface area contributed by atoms with Crippen LogP contribution in [0.3, 0.4) is 0 Å². The number of rotatable bonds is 7. The van der Waals surface area contributed by atoms with Crippen LogP contribution in [-0.4, -0.2) is 45.1 Å². The van der Waals surface area contributed by atoms with E-state index < -0.39 is 11.2 Å². The van der Waals surface area contributed by atoms with Gasteiger partial charge in [0.2, 0.25) is 5.91 Å². The number of carbonyl (C=O) groups is 2. The summed E-state index contributed by atoms with van der Waals surface area (Å²) in [5.41, 5.74) is 0.580. The number of unbranched alkanes of at least 4 members (excludes halogenated alkanes) is 2. The number of amides is 1. The predicted octanol–water partition coefficient (Wildman–Crippen LogP) is 1.57. The fourth-order valence-corrected chi connectivity index (χ4v) is 3.77. The first-order valence-corrected chi connectivity index (χ1v) is 7.82. The van der Waals surface area contributed by atoms with Gasteiger partial charge in [-0.2, -0.15) is 0 Å². The van der Waals surface area contributed by atoms with Gasteiger partial charge in [0.05, 0.1) is 0 Å². The number of hydrogen-bond donors (Lipinski definition) is 2. The third-order valence-electron chi connectivity index (χ3n) is 3.55. The Morgan fingerprint density at radius 3 is 2.95 bits per heavy atom. The van der Waals surface area contributed by atoms with Crippen LogP contribution in [0.15, 0.2) is 24.4 Å². The second-order valence-corrected chi connectivity index (χ2v) is 6.19. The maximum atomic E-state index is 12.0. The molecule has 0 aromatic rings. The van der Waals surface area contributed by atoms with Gasteiger partial charge in [0.25, 0.3) is 0 Å². The summed E-state index contributed by atoms with van der Waals surface area (Å²) in [6, 6.07) is -0.263. The quantitative estimate of drug-likeness (QED) is 0.551. The van der Waals surface area contributed by atoms with Crippen molar-refractivity contribution in [3.8, 4) is 0 Å². The van der Waals surface area contributed by atoms with Crippen LogP contribution in [0.5, 0.6) is 0 Å². The minimum Gasteiger partial charge on any atom is -0.480 e. The van der Waals surface area contributed by atoms with Gasteiger partial charge in [-0.3, -0.25) is 9.59 Å². The number of hydrogen-bond acceptors (Lipinski definition) is 4. The second-order valence-electron chi connectivity index (χ2n) is 4.96. The van der Waals surface area contributed by atoms with Crippen molar-refractivity contribution in [1.82, 2.24) is 10.2 Å². The number of thioether (sulfide) groups is 1. The van der Waals surface area contributed by atoms with E-state index in [2.05, 4.69) is 18.8 Å². The molecule has 1 saturated heterocycles. The largest absolute Gasteiger partial charge is 0.480 e. The number of carboxylic acids is 1. The highest BCUT2D eigenvalue weighted by atomic mass is 32.2. The minimum atomic E-state index is -0.884. The van der Waals surface area contributed by atoms with E-state index in [0.29, 0.717) is 5.57 Å². The molecule has 0 radical (unpaired) electrons. The molecule has 2 N–H and O–H groups in total. The van der Waals surface area contributed by atoms with Crippen LogP contribution in [0.4, 0.5) is 0 Å². The lowest BCUT2D eigenvalue weighted by Gasteiger charge is -2.48. The highest BCUT2D eigenvalue weighted by Crippen LogP contribution is 2.40. The van der Waals surface area contributed by atoms with Gasteiger partial charge in [-0.1, -0.05) is 32.4 Å². The molecule has 6 heteroatoms. The first kappa shape index (κ1) is 15.1. The maximum absolute atomic E-state index is 12.0. The van der Waals surface area contributed by atoms with Crippen molar-refractivity contribution in [1.29, 1.82) is 0 Å². The van der Waals surface area contributed by atoms with Crippen LogP contribution in [-0.2, 0) is 9.59 Å². The van der Waals surface area contributed by atoms with Gasteiger partial charge in [-0.15, -0.1) is 11.8 Å². The van der Waals surface area contributed by atoms with E-state index in [1.54, 1.807) is 11.1 Å². The standard InChI is InChI=1S/C14H20N2O3S/c1-3-5-6-7-15-10-12(17)16-8-9(4-2)11(14(18)19)20-13(10)16/h4,8,10-11,13,15H,2-3,5-7H2,1H3,(H,18,19)/t10?,11?,13-/m1/s1. The number of nitrogens with zero attached hydrogens (tertiary/aromatic N) is 1. The average Bonchev–Trinajstić information content (AvgIpc) is 2.45. The number of carboxylic acid groups (broad SMARTS) is 1. The van der Waals surface area contributed by atoms with Crippen molar-refractivity contribution in [3.63, 3.8) is 0 Å². The maximum Gasteiger partial charge on any atom is 0.321 e. The molecule has 110 valence electrons. The van der Waals surface area contributed by atoms with Gasteiger partial charge in [-0.25, -0.2) is 0 Å². The molecule has 1 fully saturated rings. The summed E-state index contributed by atoms with van der Waals surface area (Å²) < 4.78 is 0. The molecule has 3 atom stereocenters. The first-order valence-electron chi connectivity index (χ1n) is 6.88. The molecule has 2 heterocycles. The van der Waals surface area contributed by atoms with Crippen LogP contribution in [0.2, 0.25) is 0 Å². The summed E-state index contributed by atoms with van der Waals surface area (Å²) >= 11 is 1.30. The molecule has 2 rings (SSSR count). The molecule has 5 nitrogen and oxygen atoms in total. The Balaban J connectivity index is 1.99. The molecule has 2 aliphatic rings. The van der Waals surface area contributed by atoms with E-state index in [9.17, 15) is 14.7 Å². The summed E-state index contributed by atoms with van der Waals surface area (Å²) in [5.74, 6) is -0.868. The summed E-state index contributed by atoms with van der Waals surface area (Å²) in [5, 5.41) is 11.7. The SMILES string of the molecule is C=CC1=CN2C(=O)C(NCCCCC)[C@H]2SC1C(=O)O. The lowest BCUT2D eigenvalue weighted by Crippen LogP contribution is -2.68. The van der Waals surface area contributed by atoms with E-state index >= 15 is 0 Å². The number of aliphatic carboxylic acids is 1. The Hall–Kier alpha value is -1.27. The van der Waals surface area contributed by atoms with Crippen molar-refractivity contribution in [2.24, 2.45) is 0 Å². The third-order valence-corrected chi connectivity index (χ3v) is 5.07. The average molecular weight is 296 g/mol. The molecular weight excluding hydrogens is 276 g/mol. The number of fused-ring (bicyclic) bond motifs is 1. The fraction of sp³-hybridized carbons (Fsp3) is 0.571. The van der Waals surface area contributed by atoms with Crippen molar-refractivity contribution in [3.05, 3.63) is 24.4 Å². The second kappa shape index (κ2) is 6.45. The van der Waals surface area contributed by atoms with E-state index in [1.165, 1.54) is 17.8 Å². The lowest BCUT2D eigenvalue weighted by molar-refractivity contribution is -0.142. The smallest absolute Gasteiger partial charge is 0.321 e. The highest BCUT2D eigenvalue weighted by Gasteiger charge is 2.51. The summed E-state index contributed by atoms with van der Waals surface area (Å²) in [7, 11) is 0. The Bertz CT molecular complexity index is 450. The van der Waals surface area contributed by atoms with E-state index in [1.807, 2.05) is 0 Å². The van der Waals surface area contributed by atoms with Crippen molar-refractivity contribution < 1.29 is 14.7 Å². The summed E-state index contributed by atoms with van der Waals surface area (Å²) in [6.45, 7) is 6.54. The van der Waals surface area contributed by atoms with Gasteiger partial charge in [-0.05, 0) is 18.5 Å². The monoisotopic (exact) mass is 296 g/mol. The molecule has 0 aromatic carbocycles. The third kappa shape index (κ3) is 2.76. The number of allylic oxidation sites excluding steroid dienone is 1. The Labute approximate surface area is 123 Å². The Morgan fingerprint density at radius 2 is 2.35 bits per heavy atom. The zero-order valence-corrected chi connectivity index (χ0v) is 12.4. The summed E-state index contributed by atoms with van der Waals surface area (Å²) in [6.07, 6.45) is 6.44. The summed E-state index contributed by atoms with van der Waals surface area (Å²) in [4.78, 5) is 24.9. The van der Waals surface area contributed by atoms with Crippen molar-refractivity contribution in [2.75, 3.05) is 6.54 Å². The minimum absolute atomic E-state index is 0.0159. The number of carbonyl (C=O) groups excluding carboxylic acids is 1. The Kier molecular flexibility index (Phi) is 4.88. The zero-order chi connectivity index (χ0) is 14.7. The van der Waals surface area contributed by atoms with Crippen molar-refractivity contribution in [2.45, 2.75) is 42.9 Å². The van der Waals surface area contributed by atoms with Crippen LogP contribution in [0.25, 0.3) is 0 Å². The molecule has 0 saturated carbocycles. The van der Waals surface area contributed by atoms with Crippen LogP contribution in [0, 0.1) is 0 Å². The van der Waals surface area contributed by atoms with Gasteiger partial charge in [0.15, 0.2) is 0 Å². The first-order chi connectivity index (χ1) is 9.60. The molecule has 0 bridgehead atoms. The van der Waals surface area contributed by atoms with Gasteiger partial charge < -0.3 is 15.3 Å². The van der Waals surface area contributed by atoms with Crippen molar-refractivity contribution >= 4 is 23.6 Å². The molecule has 20 heavy (non-hydrogen) atoms.